The summed E-state index contributed by atoms with van der Waals surface area (Å²) in [5, 5.41) is 8.69. The molecule has 116 valence electrons. The molecule has 1 heterocycles. The molecule has 20 heavy (non-hydrogen) atoms. The number of ether oxygens (including phenoxy) is 1. The molecule has 0 aromatic heterocycles. The van der Waals surface area contributed by atoms with Crippen LogP contribution in [0.5, 0.6) is 0 Å². The van der Waals surface area contributed by atoms with E-state index in [1.165, 1.54) is 0 Å². The molecule has 1 fully saturated rings. The van der Waals surface area contributed by atoms with Crippen LogP contribution in [0.4, 0.5) is 0 Å². The molecule has 6 heteroatoms. The summed E-state index contributed by atoms with van der Waals surface area (Å²) in [7, 11) is -1.99. The Morgan fingerprint density at radius 3 is 2.45 bits per heavy atom. The highest BCUT2D eigenvalue weighted by atomic mass is 28.4. The van der Waals surface area contributed by atoms with Gasteiger partial charge >= 0.3 is 11.9 Å². The van der Waals surface area contributed by atoms with Gasteiger partial charge in [-0.25, -0.2) is 4.79 Å². The first-order chi connectivity index (χ1) is 9.03. The number of hydrogen-bond acceptors (Lipinski definition) is 4. The average Bonchev–Trinajstić information content (AvgIpc) is 2.28. The van der Waals surface area contributed by atoms with Crippen LogP contribution in [0.25, 0.3) is 0 Å². The second kappa shape index (κ2) is 6.26. The molecule has 1 aliphatic heterocycles. The number of carbonyl (C=O) groups is 2. The fourth-order valence-electron chi connectivity index (χ4n) is 1.88. The second-order valence-electron chi connectivity index (χ2n) is 6.94. The Balaban J connectivity index is 2.53. The fraction of sp³-hybridized carbons (Fsp3) is 0.857. The smallest absolute Gasteiger partial charge is 0.334 e. The van der Waals surface area contributed by atoms with Gasteiger partial charge in [-0.05, 0) is 37.4 Å². The minimum absolute atomic E-state index is 0.0334. The van der Waals surface area contributed by atoms with Crippen LogP contribution < -0.4 is 0 Å². The lowest BCUT2D eigenvalue weighted by Crippen LogP contribution is -2.48. The molecule has 0 radical (unpaired) electrons. The first-order valence-electron chi connectivity index (χ1n) is 7.13. The highest BCUT2D eigenvalue weighted by Gasteiger charge is 2.42. The van der Waals surface area contributed by atoms with Gasteiger partial charge in [0.05, 0.1) is 0 Å². The summed E-state index contributed by atoms with van der Waals surface area (Å²) in [4.78, 5) is 22.5. The normalized spacial score (nSPS) is 24.4. The average molecular weight is 302 g/mol. The number of hydrogen-bond donors (Lipinski definition) is 1. The molecule has 1 saturated heterocycles. The molecule has 1 rings (SSSR count). The zero-order chi connectivity index (χ0) is 15.6. The van der Waals surface area contributed by atoms with Crippen molar-refractivity contribution in [1.82, 2.24) is 0 Å². The van der Waals surface area contributed by atoms with Gasteiger partial charge in [-0.2, -0.15) is 0 Å². The molecule has 1 aliphatic rings. The number of rotatable bonds is 5. The number of carboxylic acid groups (broad SMARTS) is 1. The second-order valence-corrected chi connectivity index (χ2v) is 11.7. The van der Waals surface area contributed by atoms with Crippen molar-refractivity contribution in [3.8, 4) is 0 Å². The third-order valence-electron chi connectivity index (χ3n) is 4.22. The molecular formula is C14H26O5Si. The minimum Gasteiger partial charge on any atom is -0.481 e. The highest BCUT2D eigenvalue weighted by molar-refractivity contribution is 6.74. The number of esters is 1. The fourth-order valence-corrected chi connectivity index (χ4v) is 3.16. The van der Waals surface area contributed by atoms with Gasteiger partial charge in [0.15, 0.2) is 8.32 Å². The molecule has 0 aromatic rings. The lowest BCUT2D eigenvalue weighted by molar-refractivity contribution is -0.166. The van der Waals surface area contributed by atoms with Crippen LogP contribution in [0, 0.1) is 0 Å². The molecule has 1 N–H and O–H groups in total. The monoisotopic (exact) mass is 302 g/mol. The van der Waals surface area contributed by atoms with E-state index in [1.807, 2.05) is 0 Å². The number of cyclic esters (lactones) is 1. The maximum atomic E-state index is 12.0. The van der Waals surface area contributed by atoms with Crippen molar-refractivity contribution >= 4 is 20.3 Å². The van der Waals surface area contributed by atoms with Crippen LogP contribution in [0.15, 0.2) is 0 Å². The minimum atomic E-state index is -1.99. The Morgan fingerprint density at radius 1 is 1.40 bits per heavy atom. The topological polar surface area (TPSA) is 72.8 Å². The predicted octanol–water partition coefficient (Wildman–Crippen LogP) is 2.95. The Hall–Kier alpha value is -0.883. The van der Waals surface area contributed by atoms with E-state index in [0.29, 0.717) is 19.3 Å². The van der Waals surface area contributed by atoms with E-state index in [1.54, 1.807) is 0 Å². The van der Waals surface area contributed by atoms with Gasteiger partial charge in [-0.1, -0.05) is 20.8 Å². The lowest BCUT2D eigenvalue weighted by atomic mass is 10.0. The summed E-state index contributed by atoms with van der Waals surface area (Å²) in [5.41, 5.74) is 0. The van der Waals surface area contributed by atoms with Gasteiger partial charge in [0.1, 0.15) is 12.2 Å². The van der Waals surface area contributed by atoms with Crippen molar-refractivity contribution in [3.63, 3.8) is 0 Å². The van der Waals surface area contributed by atoms with Crippen molar-refractivity contribution in [3.05, 3.63) is 0 Å². The van der Waals surface area contributed by atoms with E-state index in [0.717, 1.165) is 0 Å². The van der Waals surface area contributed by atoms with Gasteiger partial charge in [0, 0.05) is 6.42 Å². The molecule has 0 spiro atoms. The van der Waals surface area contributed by atoms with Gasteiger partial charge in [0.25, 0.3) is 0 Å². The molecule has 5 nitrogen and oxygen atoms in total. The van der Waals surface area contributed by atoms with E-state index < -0.39 is 20.4 Å². The summed E-state index contributed by atoms with van der Waals surface area (Å²) in [6.07, 6.45) is 0.947. The molecule has 0 saturated carbocycles. The van der Waals surface area contributed by atoms with E-state index >= 15 is 0 Å². The summed E-state index contributed by atoms with van der Waals surface area (Å²) < 4.78 is 11.4. The predicted molar refractivity (Wildman–Crippen MR) is 78.1 cm³/mol. The Kier molecular flexibility index (Phi) is 5.37. The standard InChI is InChI=1S/C14H26O5Si/c1-14(2,3)20(4,5)19-11-8-6-10(18-13(11)17)7-9-12(15)16/h10-11H,6-9H2,1-5H3,(H,15,16)/t10-,11+/m1/s1. The first kappa shape index (κ1) is 17.2. The van der Waals surface area contributed by atoms with E-state index in [-0.39, 0.29) is 23.5 Å². The quantitative estimate of drug-likeness (QED) is 0.624. The third-order valence-corrected chi connectivity index (χ3v) is 8.71. The molecule has 0 bridgehead atoms. The van der Waals surface area contributed by atoms with Gasteiger partial charge in [-0.15, -0.1) is 0 Å². The molecule has 2 atom stereocenters. The van der Waals surface area contributed by atoms with Crippen LogP contribution in [-0.2, 0) is 18.8 Å². The van der Waals surface area contributed by atoms with E-state index in [2.05, 4.69) is 33.9 Å². The van der Waals surface area contributed by atoms with Gasteiger partial charge in [0.2, 0.25) is 0 Å². The molecule has 0 unspecified atom stereocenters. The van der Waals surface area contributed by atoms with Gasteiger partial charge in [-0.3, -0.25) is 4.79 Å². The van der Waals surface area contributed by atoms with Gasteiger partial charge < -0.3 is 14.3 Å². The maximum absolute atomic E-state index is 12.0. The largest absolute Gasteiger partial charge is 0.481 e. The summed E-state index contributed by atoms with van der Waals surface area (Å²) in [6.45, 7) is 10.6. The molecule has 0 aliphatic carbocycles. The summed E-state index contributed by atoms with van der Waals surface area (Å²) >= 11 is 0. The first-order valence-corrected chi connectivity index (χ1v) is 10.0. The molecular weight excluding hydrogens is 276 g/mol. The summed E-state index contributed by atoms with van der Waals surface area (Å²) in [5.74, 6) is -1.20. The summed E-state index contributed by atoms with van der Waals surface area (Å²) in [6, 6.07) is 0. The Labute approximate surface area is 121 Å². The Bertz CT molecular complexity index is 372. The van der Waals surface area contributed by atoms with Crippen LogP contribution in [0.3, 0.4) is 0 Å². The van der Waals surface area contributed by atoms with Crippen molar-refractivity contribution < 1.29 is 23.9 Å². The van der Waals surface area contributed by atoms with Crippen LogP contribution in [0.2, 0.25) is 18.1 Å². The Morgan fingerprint density at radius 2 is 2.00 bits per heavy atom. The van der Waals surface area contributed by atoms with Crippen molar-refractivity contribution in [2.45, 2.75) is 76.8 Å². The number of aliphatic carboxylic acids is 1. The van der Waals surface area contributed by atoms with E-state index in [4.69, 9.17) is 14.3 Å². The van der Waals surface area contributed by atoms with Crippen LogP contribution >= 0.6 is 0 Å². The number of carboxylic acids is 1. The van der Waals surface area contributed by atoms with Crippen LogP contribution in [-0.4, -0.2) is 37.6 Å². The zero-order valence-corrected chi connectivity index (χ0v) is 14.1. The highest BCUT2D eigenvalue weighted by Crippen LogP contribution is 2.38. The number of carbonyl (C=O) groups excluding carboxylic acids is 1. The van der Waals surface area contributed by atoms with Crippen molar-refractivity contribution in [2.75, 3.05) is 0 Å². The zero-order valence-electron chi connectivity index (χ0n) is 13.1. The maximum Gasteiger partial charge on any atom is 0.334 e. The molecule has 0 amide bonds. The lowest BCUT2D eigenvalue weighted by Gasteiger charge is -2.40. The third kappa shape index (κ3) is 4.59. The SMILES string of the molecule is CC(C)(C)[Si](C)(C)O[C@H]1CC[C@H](CCC(=O)O)OC1=O. The van der Waals surface area contributed by atoms with Crippen LogP contribution in [0.1, 0.15) is 46.5 Å². The van der Waals surface area contributed by atoms with Crippen molar-refractivity contribution in [1.29, 1.82) is 0 Å². The van der Waals surface area contributed by atoms with Crippen molar-refractivity contribution in [2.24, 2.45) is 0 Å². The molecule has 0 aromatic carbocycles. The van der Waals surface area contributed by atoms with E-state index in [9.17, 15) is 9.59 Å².